The van der Waals surface area contributed by atoms with Crippen molar-refractivity contribution in [2.24, 2.45) is 0 Å². The van der Waals surface area contributed by atoms with Gasteiger partial charge in [-0.15, -0.1) is 0 Å². The summed E-state index contributed by atoms with van der Waals surface area (Å²) in [5.74, 6) is -0.152. The van der Waals surface area contributed by atoms with E-state index in [-0.39, 0.29) is 17.3 Å². The van der Waals surface area contributed by atoms with Crippen molar-refractivity contribution in [1.29, 1.82) is 0 Å². The van der Waals surface area contributed by atoms with Crippen LogP contribution in [0.1, 0.15) is 30.0 Å². The molecule has 0 saturated carbocycles. The lowest BCUT2D eigenvalue weighted by Crippen LogP contribution is -2.35. The maximum atomic E-state index is 12.9. The van der Waals surface area contributed by atoms with Crippen LogP contribution >= 0.6 is 0 Å². The summed E-state index contributed by atoms with van der Waals surface area (Å²) in [6.07, 6.45) is 2.08. The topological polar surface area (TPSA) is 113 Å². The molecule has 0 atom stereocenters. The largest absolute Gasteiger partial charge is 0.326 e. The molecule has 1 heterocycles. The van der Waals surface area contributed by atoms with E-state index in [9.17, 15) is 21.6 Å². The Morgan fingerprint density at radius 2 is 1.73 bits per heavy atom. The monoisotopic (exact) mass is 451 g/mol. The summed E-state index contributed by atoms with van der Waals surface area (Å²) in [5.41, 5.74) is 3.18. The Bertz CT molecular complexity index is 1190. The van der Waals surface area contributed by atoms with E-state index in [2.05, 4.69) is 10.0 Å². The fraction of sp³-hybridized carbons (Fsp3) is 0.350. The normalized spacial score (nSPS) is 14.8. The molecule has 2 N–H and O–H groups in total. The molecule has 10 heteroatoms. The summed E-state index contributed by atoms with van der Waals surface area (Å²) in [7, 11) is -7.17. The quantitative estimate of drug-likeness (QED) is 0.701. The second-order valence-corrected chi connectivity index (χ2v) is 11.0. The van der Waals surface area contributed by atoms with Gasteiger partial charge in [0.2, 0.25) is 15.9 Å². The van der Waals surface area contributed by atoms with E-state index in [1.807, 2.05) is 6.07 Å². The summed E-state index contributed by atoms with van der Waals surface area (Å²) in [5, 5.41) is 2.70. The molecule has 0 saturated heterocycles. The van der Waals surface area contributed by atoms with E-state index in [1.54, 1.807) is 38.1 Å². The van der Waals surface area contributed by atoms with Gasteiger partial charge in [0.15, 0.2) is 0 Å². The van der Waals surface area contributed by atoms with Crippen LogP contribution in [-0.4, -0.2) is 39.8 Å². The number of rotatable bonds is 6. The number of amides is 1. The van der Waals surface area contributed by atoms with Crippen LogP contribution in [0.2, 0.25) is 0 Å². The third-order valence-electron chi connectivity index (χ3n) is 4.97. The zero-order valence-corrected chi connectivity index (χ0v) is 18.7. The first-order valence-corrected chi connectivity index (χ1v) is 12.8. The Hall–Kier alpha value is -2.43. The maximum absolute atomic E-state index is 12.9. The summed E-state index contributed by atoms with van der Waals surface area (Å²) < 4.78 is 53.4. The Kier molecular flexibility index (Phi) is 6.21. The van der Waals surface area contributed by atoms with Crippen molar-refractivity contribution in [3.63, 3.8) is 0 Å². The molecule has 0 spiro atoms. The molecule has 1 amide bonds. The number of fused-ring (bicyclic) bond motifs is 1. The molecule has 0 radical (unpaired) electrons. The van der Waals surface area contributed by atoms with E-state index in [4.69, 9.17) is 0 Å². The van der Waals surface area contributed by atoms with Gasteiger partial charge in [0.05, 0.1) is 11.2 Å². The van der Waals surface area contributed by atoms with Crippen LogP contribution in [0.4, 0.5) is 11.4 Å². The molecule has 0 unspecified atom stereocenters. The van der Waals surface area contributed by atoms with Crippen LogP contribution in [-0.2, 0) is 37.8 Å². The van der Waals surface area contributed by atoms with E-state index < -0.39 is 20.0 Å². The summed E-state index contributed by atoms with van der Waals surface area (Å²) in [6.45, 7) is 4.03. The predicted octanol–water partition coefficient (Wildman–Crippen LogP) is 2.46. The van der Waals surface area contributed by atoms with Gasteiger partial charge in [0.1, 0.15) is 0 Å². The molecule has 2 aromatic rings. The molecule has 0 aliphatic carbocycles. The highest BCUT2D eigenvalue weighted by Crippen LogP contribution is 2.27. The molecule has 1 aliphatic heterocycles. The zero-order chi connectivity index (χ0) is 22.1. The van der Waals surface area contributed by atoms with Gasteiger partial charge in [-0.05, 0) is 60.4 Å². The minimum atomic E-state index is -3.86. The van der Waals surface area contributed by atoms with E-state index in [0.717, 1.165) is 11.1 Å². The zero-order valence-electron chi connectivity index (χ0n) is 17.1. The van der Waals surface area contributed by atoms with E-state index in [1.165, 1.54) is 16.6 Å². The molecule has 8 nitrogen and oxygen atoms in total. The highest BCUT2D eigenvalue weighted by Gasteiger charge is 2.24. The Labute approximate surface area is 177 Å². The van der Waals surface area contributed by atoms with Gasteiger partial charge in [-0.2, -0.15) is 4.31 Å². The van der Waals surface area contributed by atoms with E-state index >= 15 is 0 Å². The first-order valence-electron chi connectivity index (χ1n) is 9.50. The van der Waals surface area contributed by atoms with E-state index in [0.29, 0.717) is 36.3 Å². The maximum Gasteiger partial charge on any atom is 0.262 e. The highest BCUT2D eigenvalue weighted by atomic mass is 32.2. The number of hydrogen-bond donors (Lipinski definition) is 2. The van der Waals surface area contributed by atoms with Gasteiger partial charge in [-0.1, -0.05) is 13.0 Å². The number of anilines is 2. The number of nitrogens with one attached hydrogen (secondary N) is 2. The number of carbonyl (C=O) groups is 1. The molecule has 30 heavy (non-hydrogen) atoms. The lowest BCUT2D eigenvalue weighted by Gasteiger charge is -2.27. The molecule has 0 fully saturated rings. The molecule has 0 bridgehead atoms. The van der Waals surface area contributed by atoms with Crippen LogP contribution in [0.3, 0.4) is 0 Å². The highest BCUT2D eigenvalue weighted by molar-refractivity contribution is 7.92. The van der Waals surface area contributed by atoms with Crippen molar-refractivity contribution in [2.75, 3.05) is 22.8 Å². The second kappa shape index (κ2) is 8.37. The molecule has 0 aromatic heterocycles. The molecule has 3 rings (SSSR count). The fourth-order valence-electron chi connectivity index (χ4n) is 3.37. The lowest BCUT2D eigenvalue weighted by atomic mass is 10.0. The standard InChI is InChI=1S/C20H25N3O5S2/c1-4-20(24)21-17-7-8-19(14(2)11-17)30(27,28)22-18-6-5-15-9-10-23(29(3,25)26)13-16(15)12-18/h5-8,11-12,22H,4,9-10,13H2,1-3H3,(H,21,24). The number of aryl methyl sites for hydroxylation is 1. The number of benzene rings is 2. The van der Waals surface area contributed by atoms with Crippen LogP contribution in [0.15, 0.2) is 41.3 Å². The second-order valence-electron chi connectivity index (χ2n) is 7.32. The van der Waals surface area contributed by atoms with Gasteiger partial charge in [0.25, 0.3) is 10.0 Å². The first-order chi connectivity index (χ1) is 14.0. The Morgan fingerprint density at radius 1 is 1.03 bits per heavy atom. The molecular weight excluding hydrogens is 426 g/mol. The number of nitrogens with zero attached hydrogens (tertiary/aromatic N) is 1. The number of sulfonamides is 2. The fourth-order valence-corrected chi connectivity index (χ4v) is 5.44. The molecule has 2 aromatic carbocycles. The Morgan fingerprint density at radius 3 is 2.37 bits per heavy atom. The number of carbonyl (C=O) groups excluding carboxylic acids is 1. The van der Waals surface area contributed by atoms with Crippen LogP contribution in [0, 0.1) is 6.92 Å². The minimum absolute atomic E-state index is 0.104. The van der Waals surface area contributed by atoms with Crippen LogP contribution < -0.4 is 10.0 Å². The average Bonchev–Trinajstić information content (AvgIpc) is 2.66. The third kappa shape index (κ3) is 5.00. The third-order valence-corrected chi connectivity index (χ3v) is 7.77. The smallest absolute Gasteiger partial charge is 0.262 e. The van der Waals surface area contributed by atoms with Gasteiger partial charge in [-0.25, -0.2) is 16.8 Å². The Balaban J connectivity index is 1.83. The van der Waals surface area contributed by atoms with Gasteiger partial charge in [-0.3, -0.25) is 9.52 Å². The van der Waals surface area contributed by atoms with Crippen molar-refractivity contribution in [3.05, 3.63) is 53.1 Å². The molecule has 162 valence electrons. The van der Waals surface area contributed by atoms with Crippen molar-refractivity contribution in [3.8, 4) is 0 Å². The predicted molar refractivity (Wildman–Crippen MR) is 116 cm³/mol. The van der Waals surface area contributed by atoms with Crippen LogP contribution in [0.5, 0.6) is 0 Å². The SMILES string of the molecule is CCC(=O)Nc1ccc(S(=O)(=O)Nc2ccc3c(c2)CN(S(C)(=O)=O)CC3)c(C)c1. The van der Waals surface area contributed by atoms with Crippen molar-refractivity contribution in [1.82, 2.24) is 4.31 Å². The first kappa shape index (κ1) is 22.3. The van der Waals surface area contributed by atoms with Crippen molar-refractivity contribution >= 4 is 37.3 Å². The lowest BCUT2D eigenvalue weighted by molar-refractivity contribution is -0.115. The summed E-state index contributed by atoms with van der Waals surface area (Å²) in [6, 6.07) is 9.79. The summed E-state index contributed by atoms with van der Waals surface area (Å²) in [4.78, 5) is 11.6. The van der Waals surface area contributed by atoms with Crippen molar-refractivity contribution < 1.29 is 21.6 Å². The number of hydrogen-bond acceptors (Lipinski definition) is 5. The van der Waals surface area contributed by atoms with Crippen molar-refractivity contribution in [2.45, 2.75) is 38.1 Å². The average molecular weight is 452 g/mol. The van der Waals surface area contributed by atoms with Crippen LogP contribution in [0.25, 0.3) is 0 Å². The van der Waals surface area contributed by atoms with Gasteiger partial charge >= 0.3 is 0 Å². The molecular formula is C20H25N3O5S2. The minimum Gasteiger partial charge on any atom is -0.326 e. The summed E-state index contributed by atoms with van der Waals surface area (Å²) >= 11 is 0. The van der Waals surface area contributed by atoms with Gasteiger partial charge < -0.3 is 5.32 Å². The van der Waals surface area contributed by atoms with Gasteiger partial charge in [0, 0.05) is 30.9 Å². The molecule has 1 aliphatic rings.